The molecule has 0 atom stereocenters. The summed E-state index contributed by atoms with van der Waals surface area (Å²) in [5, 5.41) is 6.22. The molecule has 124 valence electrons. The Morgan fingerprint density at radius 2 is 2.00 bits per heavy atom. The molecule has 2 aromatic carbocycles. The van der Waals surface area contributed by atoms with Crippen molar-refractivity contribution in [2.75, 3.05) is 7.11 Å². The van der Waals surface area contributed by atoms with Crippen molar-refractivity contribution in [3.8, 4) is 17.3 Å². The second-order valence-electron chi connectivity index (χ2n) is 5.56. The summed E-state index contributed by atoms with van der Waals surface area (Å²) in [5.41, 5.74) is 1.45. The Labute approximate surface area is 143 Å². The molecule has 0 N–H and O–H groups in total. The predicted octanol–water partition coefficient (Wildman–Crippen LogP) is 3.11. The first-order valence-corrected chi connectivity index (χ1v) is 7.79. The maximum absolute atomic E-state index is 12.2. The van der Waals surface area contributed by atoms with Crippen LogP contribution in [-0.2, 0) is 6.54 Å². The van der Waals surface area contributed by atoms with Crippen LogP contribution in [0.1, 0.15) is 5.56 Å². The number of rotatable bonds is 4. The Bertz CT molecular complexity index is 1090. The van der Waals surface area contributed by atoms with Gasteiger partial charge in [-0.25, -0.2) is 4.79 Å². The molecule has 0 bridgehead atoms. The average Bonchev–Trinajstić information content (AvgIpc) is 3.01. The first-order valence-electron chi connectivity index (χ1n) is 7.79. The molecular formula is C19H15N3O3. The molecule has 0 spiro atoms. The van der Waals surface area contributed by atoms with Gasteiger partial charge in [-0.3, -0.25) is 4.98 Å². The number of aromatic nitrogens is 3. The smallest absolute Gasteiger partial charge is 0.437 e. The van der Waals surface area contributed by atoms with E-state index in [1.54, 1.807) is 13.3 Å². The summed E-state index contributed by atoms with van der Waals surface area (Å²) < 4.78 is 11.8. The molecule has 2 aromatic heterocycles. The van der Waals surface area contributed by atoms with Crippen molar-refractivity contribution in [2.45, 2.75) is 6.54 Å². The lowest BCUT2D eigenvalue weighted by molar-refractivity contribution is 0.414. The van der Waals surface area contributed by atoms with Crippen molar-refractivity contribution in [1.82, 2.24) is 14.8 Å². The molecule has 0 unspecified atom stereocenters. The Kier molecular flexibility index (Phi) is 3.78. The van der Waals surface area contributed by atoms with Gasteiger partial charge in [0, 0.05) is 11.6 Å². The van der Waals surface area contributed by atoms with Crippen molar-refractivity contribution < 1.29 is 9.15 Å². The zero-order valence-corrected chi connectivity index (χ0v) is 13.5. The molecular weight excluding hydrogens is 318 g/mol. The first kappa shape index (κ1) is 15.1. The average molecular weight is 333 g/mol. The Balaban J connectivity index is 1.74. The maximum atomic E-state index is 12.2. The second-order valence-corrected chi connectivity index (χ2v) is 5.56. The van der Waals surface area contributed by atoms with Crippen LogP contribution in [0, 0.1) is 0 Å². The zero-order chi connectivity index (χ0) is 17.2. The summed E-state index contributed by atoms with van der Waals surface area (Å²) in [6, 6.07) is 17.2. The summed E-state index contributed by atoms with van der Waals surface area (Å²) in [5.74, 6) is 0.419. The number of nitrogens with zero attached hydrogens (tertiary/aromatic N) is 3. The molecule has 6 nitrogen and oxygen atoms in total. The van der Waals surface area contributed by atoms with E-state index in [-0.39, 0.29) is 5.89 Å². The van der Waals surface area contributed by atoms with Crippen LogP contribution in [0.25, 0.3) is 22.4 Å². The predicted molar refractivity (Wildman–Crippen MR) is 93.6 cm³/mol. The molecule has 0 aliphatic heterocycles. The van der Waals surface area contributed by atoms with Gasteiger partial charge in [0.1, 0.15) is 11.4 Å². The Morgan fingerprint density at radius 1 is 1.12 bits per heavy atom. The van der Waals surface area contributed by atoms with Crippen molar-refractivity contribution in [3.63, 3.8) is 0 Å². The summed E-state index contributed by atoms with van der Waals surface area (Å²) in [6.45, 7) is 0.296. The van der Waals surface area contributed by atoms with E-state index in [0.29, 0.717) is 12.2 Å². The third-order valence-corrected chi connectivity index (χ3v) is 3.95. The van der Waals surface area contributed by atoms with E-state index in [4.69, 9.17) is 9.15 Å². The van der Waals surface area contributed by atoms with Gasteiger partial charge in [-0.05, 0) is 29.1 Å². The van der Waals surface area contributed by atoms with Gasteiger partial charge in [0.2, 0.25) is 0 Å². The van der Waals surface area contributed by atoms with Gasteiger partial charge in [-0.1, -0.05) is 36.4 Å². The van der Waals surface area contributed by atoms with Crippen molar-refractivity contribution in [2.24, 2.45) is 0 Å². The van der Waals surface area contributed by atoms with E-state index in [0.717, 1.165) is 22.1 Å². The van der Waals surface area contributed by atoms with Crippen LogP contribution in [-0.4, -0.2) is 21.9 Å². The number of benzene rings is 2. The van der Waals surface area contributed by atoms with Crippen LogP contribution in [0.15, 0.2) is 70.0 Å². The first-order chi connectivity index (χ1) is 12.2. The summed E-state index contributed by atoms with van der Waals surface area (Å²) in [6.07, 6.45) is 1.68. The van der Waals surface area contributed by atoms with Crippen LogP contribution in [0.2, 0.25) is 0 Å². The molecule has 4 aromatic rings. The van der Waals surface area contributed by atoms with Crippen LogP contribution in [0.4, 0.5) is 0 Å². The minimum absolute atomic E-state index is 0.213. The molecule has 0 saturated carbocycles. The third-order valence-electron chi connectivity index (χ3n) is 3.95. The molecule has 25 heavy (non-hydrogen) atoms. The monoisotopic (exact) mass is 333 g/mol. The lowest BCUT2D eigenvalue weighted by Crippen LogP contribution is -2.16. The minimum Gasteiger partial charge on any atom is -0.497 e. The highest BCUT2D eigenvalue weighted by Gasteiger charge is 2.14. The molecule has 0 fully saturated rings. The third kappa shape index (κ3) is 2.89. The van der Waals surface area contributed by atoms with Crippen molar-refractivity contribution in [1.29, 1.82) is 0 Å². The van der Waals surface area contributed by atoms with Gasteiger partial charge in [-0.15, -0.1) is 5.10 Å². The Hall–Kier alpha value is -3.41. The number of methoxy groups -OCH3 is 1. The fraction of sp³-hybridized carbons (Fsp3) is 0.105. The fourth-order valence-corrected chi connectivity index (χ4v) is 2.74. The van der Waals surface area contributed by atoms with E-state index in [1.165, 1.54) is 4.68 Å². The molecule has 2 heterocycles. The van der Waals surface area contributed by atoms with Crippen LogP contribution >= 0.6 is 0 Å². The highest BCUT2D eigenvalue weighted by atomic mass is 16.5. The van der Waals surface area contributed by atoms with Gasteiger partial charge in [-0.2, -0.15) is 4.68 Å². The number of fused-ring (bicyclic) bond motifs is 1. The molecule has 0 saturated heterocycles. The molecule has 0 aliphatic rings. The minimum atomic E-state index is -0.521. The summed E-state index contributed by atoms with van der Waals surface area (Å²) >= 11 is 0. The largest absolute Gasteiger partial charge is 0.497 e. The van der Waals surface area contributed by atoms with Crippen molar-refractivity contribution in [3.05, 3.63) is 76.9 Å². The lowest BCUT2D eigenvalue weighted by Gasteiger charge is -2.03. The summed E-state index contributed by atoms with van der Waals surface area (Å²) in [7, 11) is 1.60. The zero-order valence-electron chi connectivity index (χ0n) is 13.5. The van der Waals surface area contributed by atoms with E-state index >= 15 is 0 Å². The van der Waals surface area contributed by atoms with Gasteiger partial charge in [0.25, 0.3) is 5.89 Å². The molecule has 0 radical (unpaired) electrons. The number of ether oxygens (including phenoxy) is 1. The second kappa shape index (κ2) is 6.24. The van der Waals surface area contributed by atoms with Crippen LogP contribution in [0.5, 0.6) is 5.75 Å². The SMILES string of the molecule is COc1cccc(Cn2nc(-c3nccc4ccccc34)oc2=O)c1. The molecule has 6 heteroatoms. The van der Waals surface area contributed by atoms with E-state index in [9.17, 15) is 4.79 Å². The number of hydrogen-bond donors (Lipinski definition) is 0. The van der Waals surface area contributed by atoms with Gasteiger partial charge >= 0.3 is 5.76 Å². The Morgan fingerprint density at radius 3 is 2.88 bits per heavy atom. The van der Waals surface area contributed by atoms with E-state index < -0.39 is 5.76 Å². The molecule has 4 rings (SSSR count). The quantitative estimate of drug-likeness (QED) is 0.574. The standard InChI is InChI=1S/C19H15N3O3/c1-24-15-7-4-5-13(11-15)12-22-19(23)25-18(21-22)17-16-8-3-2-6-14(16)9-10-20-17/h2-11H,12H2,1H3. The number of hydrogen-bond acceptors (Lipinski definition) is 5. The lowest BCUT2D eigenvalue weighted by atomic mass is 10.1. The maximum Gasteiger partial charge on any atom is 0.437 e. The summed E-state index contributed by atoms with van der Waals surface area (Å²) in [4.78, 5) is 16.5. The fourth-order valence-electron chi connectivity index (χ4n) is 2.74. The number of pyridine rings is 1. The van der Waals surface area contributed by atoms with Gasteiger partial charge in [0.15, 0.2) is 0 Å². The van der Waals surface area contributed by atoms with Crippen molar-refractivity contribution >= 4 is 10.8 Å². The molecule has 0 amide bonds. The van der Waals surface area contributed by atoms with E-state index in [2.05, 4.69) is 10.1 Å². The highest BCUT2D eigenvalue weighted by molar-refractivity contribution is 5.92. The van der Waals surface area contributed by atoms with Gasteiger partial charge in [0.05, 0.1) is 13.7 Å². The highest BCUT2D eigenvalue weighted by Crippen LogP contribution is 2.24. The molecule has 0 aliphatic carbocycles. The van der Waals surface area contributed by atoms with Crippen LogP contribution < -0.4 is 10.5 Å². The topological polar surface area (TPSA) is 70.2 Å². The normalized spacial score (nSPS) is 10.9. The van der Waals surface area contributed by atoms with E-state index in [1.807, 2.05) is 54.6 Å². The van der Waals surface area contributed by atoms with Gasteiger partial charge < -0.3 is 9.15 Å². The van der Waals surface area contributed by atoms with Crippen LogP contribution in [0.3, 0.4) is 0 Å².